The summed E-state index contributed by atoms with van der Waals surface area (Å²) in [4.78, 5) is 22.8. The minimum Gasteiger partial charge on any atom is -0.373 e. The second-order valence-corrected chi connectivity index (χ2v) is 9.32. The van der Waals surface area contributed by atoms with Crippen molar-refractivity contribution in [3.63, 3.8) is 0 Å². The lowest BCUT2D eigenvalue weighted by molar-refractivity contribution is -0.384. The van der Waals surface area contributed by atoms with Gasteiger partial charge < -0.3 is 10.1 Å². The van der Waals surface area contributed by atoms with Crippen molar-refractivity contribution in [2.45, 2.75) is 31.0 Å². The highest BCUT2D eigenvalue weighted by Crippen LogP contribution is 2.26. The summed E-state index contributed by atoms with van der Waals surface area (Å²) >= 11 is 6.13. The number of nitrogens with one attached hydrogen (secondary N) is 1. The number of carbonyl (C=O) groups excluding carboxylic acids is 1. The fourth-order valence-corrected chi connectivity index (χ4v) is 5.00. The average molecular weight is 454 g/mol. The average Bonchev–Trinajstić information content (AvgIpc) is 2.67. The Morgan fingerprint density at radius 3 is 2.33 bits per heavy atom. The van der Waals surface area contributed by atoms with Gasteiger partial charge >= 0.3 is 0 Å². The van der Waals surface area contributed by atoms with E-state index in [1.54, 1.807) is 13.8 Å². The summed E-state index contributed by atoms with van der Waals surface area (Å²) in [6, 6.07) is 9.18. The number of rotatable bonds is 5. The first-order chi connectivity index (χ1) is 14.1. The number of sulfonamides is 1. The Balaban J connectivity index is 1.85. The van der Waals surface area contributed by atoms with Crippen molar-refractivity contribution in [1.29, 1.82) is 0 Å². The maximum atomic E-state index is 13.1. The minimum atomic E-state index is -3.85. The predicted molar refractivity (Wildman–Crippen MR) is 111 cm³/mol. The molecule has 2 aromatic carbocycles. The lowest BCUT2D eigenvalue weighted by Crippen LogP contribution is -2.48. The minimum absolute atomic E-state index is 0.0227. The number of amides is 1. The number of morpholine rings is 1. The van der Waals surface area contributed by atoms with E-state index < -0.39 is 20.9 Å². The lowest BCUT2D eigenvalue weighted by atomic mass is 10.2. The maximum absolute atomic E-state index is 13.1. The van der Waals surface area contributed by atoms with E-state index in [9.17, 15) is 23.3 Å². The van der Waals surface area contributed by atoms with Crippen LogP contribution >= 0.6 is 11.6 Å². The third-order valence-electron chi connectivity index (χ3n) is 4.54. The van der Waals surface area contributed by atoms with Crippen LogP contribution in [0.5, 0.6) is 0 Å². The summed E-state index contributed by atoms with van der Waals surface area (Å²) in [6.45, 7) is 4.01. The Kier molecular flexibility index (Phi) is 6.41. The Morgan fingerprint density at radius 1 is 1.17 bits per heavy atom. The molecule has 0 radical (unpaired) electrons. The summed E-state index contributed by atoms with van der Waals surface area (Å²) in [7, 11) is -3.85. The van der Waals surface area contributed by atoms with Crippen LogP contribution in [0.3, 0.4) is 0 Å². The SMILES string of the molecule is C[C@@H]1CN(S(=O)(=O)c2ccc(Cl)c(C(=O)Nc3ccc([N+](=O)[O-])cc3)c2)C[C@@H](C)O1. The van der Waals surface area contributed by atoms with Gasteiger partial charge in [-0.1, -0.05) is 11.6 Å². The molecular formula is C19H20ClN3O6S. The van der Waals surface area contributed by atoms with Gasteiger partial charge in [-0.2, -0.15) is 4.31 Å². The molecule has 9 nitrogen and oxygen atoms in total. The largest absolute Gasteiger partial charge is 0.373 e. The van der Waals surface area contributed by atoms with Gasteiger partial charge in [-0.3, -0.25) is 14.9 Å². The molecule has 1 aliphatic rings. The second-order valence-electron chi connectivity index (χ2n) is 6.98. The Hall–Kier alpha value is -2.53. The summed E-state index contributed by atoms with van der Waals surface area (Å²) in [5.41, 5.74) is 0.171. The topological polar surface area (TPSA) is 119 Å². The van der Waals surface area contributed by atoms with Gasteiger partial charge in [0.2, 0.25) is 10.0 Å². The number of carbonyl (C=O) groups is 1. The van der Waals surface area contributed by atoms with Gasteiger partial charge in [0.1, 0.15) is 0 Å². The molecule has 0 unspecified atom stereocenters. The second kappa shape index (κ2) is 8.68. The van der Waals surface area contributed by atoms with Gasteiger partial charge in [0, 0.05) is 30.9 Å². The molecular weight excluding hydrogens is 434 g/mol. The first-order valence-corrected chi connectivity index (χ1v) is 10.9. The molecule has 2 aromatic rings. The fraction of sp³-hybridized carbons (Fsp3) is 0.316. The van der Waals surface area contributed by atoms with Crippen LogP contribution in [0.25, 0.3) is 0 Å². The van der Waals surface area contributed by atoms with Crippen molar-refractivity contribution >= 4 is 38.9 Å². The summed E-state index contributed by atoms with van der Waals surface area (Å²) in [5.74, 6) is -0.630. The third-order valence-corrected chi connectivity index (χ3v) is 6.70. The number of non-ortho nitro benzene ring substituents is 1. The van der Waals surface area contributed by atoms with E-state index in [4.69, 9.17) is 16.3 Å². The van der Waals surface area contributed by atoms with Crippen LogP contribution in [-0.4, -0.2) is 48.9 Å². The quantitative estimate of drug-likeness (QED) is 0.548. The number of benzene rings is 2. The molecule has 1 fully saturated rings. The van der Waals surface area contributed by atoms with Crippen LogP contribution in [0, 0.1) is 10.1 Å². The number of ether oxygens (including phenoxy) is 1. The van der Waals surface area contributed by atoms with E-state index in [0.717, 1.165) is 0 Å². The van der Waals surface area contributed by atoms with Crippen LogP contribution in [0.4, 0.5) is 11.4 Å². The van der Waals surface area contributed by atoms with Crippen molar-refractivity contribution in [2.75, 3.05) is 18.4 Å². The Morgan fingerprint density at radius 2 is 1.77 bits per heavy atom. The van der Waals surface area contributed by atoms with Crippen LogP contribution in [0.1, 0.15) is 24.2 Å². The van der Waals surface area contributed by atoms with E-state index in [2.05, 4.69) is 5.32 Å². The van der Waals surface area contributed by atoms with Gasteiger partial charge in [0.25, 0.3) is 11.6 Å². The molecule has 1 saturated heterocycles. The number of hydrogen-bond donors (Lipinski definition) is 1. The molecule has 1 N–H and O–H groups in total. The maximum Gasteiger partial charge on any atom is 0.269 e. The lowest BCUT2D eigenvalue weighted by Gasteiger charge is -2.34. The number of nitro benzene ring substituents is 1. The monoisotopic (exact) mass is 453 g/mol. The molecule has 0 aromatic heterocycles. The third kappa shape index (κ3) is 4.78. The van der Waals surface area contributed by atoms with Crippen LogP contribution in [0.2, 0.25) is 5.02 Å². The molecule has 30 heavy (non-hydrogen) atoms. The van der Waals surface area contributed by atoms with Crippen molar-refractivity contribution in [3.05, 3.63) is 63.2 Å². The van der Waals surface area contributed by atoms with Gasteiger partial charge in [-0.25, -0.2) is 8.42 Å². The number of halogens is 1. The summed E-state index contributed by atoms with van der Waals surface area (Å²) < 4.78 is 33.0. The smallest absolute Gasteiger partial charge is 0.269 e. The molecule has 1 amide bonds. The van der Waals surface area contributed by atoms with Crippen molar-refractivity contribution in [3.8, 4) is 0 Å². The van der Waals surface area contributed by atoms with E-state index >= 15 is 0 Å². The first-order valence-electron chi connectivity index (χ1n) is 9.09. The highest BCUT2D eigenvalue weighted by molar-refractivity contribution is 7.89. The van der Waals surface area contributed by atoms with Crippen LogP contribution < -0.4 is 5.32 Å². The van der Waals surface area contributed by atoms with E-state index in [1.807, 2.05) is 0 Å². The fourth-order valence-electron chi connectivity index (χ4n) is 3.18. The molecule has 1 aliphatic heterocycles. The van der Waals surface area contributed by atoms with E-state index in [1.165, 1.54) is 46.8 Å². The molecule has 160 valence electrons. The molecule has 2 atom stereocenters. The van der Waals surface area contributed by atoms with Gasteiger partial charge in [0.05, 0.1) is 32.6 Å². The molecule has 0 aliphatic carbocycles. The summed E-state index contributed by atoms with van der Waals surface area (Å²) in [5, 5.41) is 13.4. The molecule has 0 saturated carbocycles. The zero-order valence-corrected chi connectivity index (χ0v) is 17.8. The predicted octanol–water partition coefficient (Wildman–Crippen LogP) is 3.30. The highest BCUT2D eigenvalue weighted by Gasteiger charge is 2.32. The van der Waals surface area contributed by atoms with Crippen molar-refractivity contribution < 1.29 is 22.9 Å². The van der Waals surface area contributed by atoms with Crippen LogP contribution in [-0.2, 0) is 14.8 Å². The van der Waals surface area contributed by atoms with Crippen molar-refractivity contribution in [2.24, 2.45) is 0 Å². The highest BCUT2D eigenvalue weighted by atomic mass is 35.5. The zero-order chi connectivity index (χ0) is 22.1. The number of nitrogens with zero attached hydrogens (tertiary/aromatic N) is 2. The molecule has 1 heterocycles. The molecule has 0 spiro atoms. The molecule has 3 rings (SSSR count). The summed E-state index contributed by atoms with van der Waals surface area (Å²) in [6.07, 6.45) is -0.499. The number of hydrogen-bond acceptors (Lipinski definition) is 6. The van der Waals surface area contributed by atoms with Crippen molar-refractivity contribution in [1.82, 2.24) is 4.31 Å². The standard InChI is InChI=1S/C19H20ClN3O6S/c1-12-10-22(11-13(2)29-12)30(27,28)16-7-8-18(20)17(9-16)19(24)21-14-3-5-15(6-4-14)23(25)26/h3-9,12-13H,10-11H2,1-2H3,(H,21,24)/t12-,13-/m1/s1. The number of anilines is 1. The first kappa shape index (κ1) is 22.2. The van der Waals surface area contributed by atoms with Gasteiger partial charge in [-0.05, 0) is 44.2 Å². The normalized spacial score (nSPS) is 20.0. The molecule has 0 bridgehead atoms. The Labute approximate surface area is 178 Å². The number of nitro groups is 1. The van der Waals surface area contributed by atoms with Gasteiger partial charge in [0.15, 0.2) is 0 Å². The van der Waals surface area contributed by atoms with Gasteiger partial charge in [-0.15, -0.1) is 0 Å². The van der Waals surface area contributed by atoms with Crippen LogP contribution in [0.15, 0.2) is 47.4 Å². The van der Waals surface area contributed by atoms with E-state index in [0.29, 0.717) is 5.69 Å². The zero-order valence-electron chi connectivity index (χ0n) is 16.2. The van der Waals surface area contributed by atoms with E-state index in [-0.39, 0.29) is 46.5 Å². The Bertz CT molecular complexity index is 1060. The molecule has 11 heteroatoms.